The second-order valence-corrected chi connectivity index (χ2v) is 4.76. The Morgan fingerprint density at radius 2 is 2.32 bits per heavy atom. The number of pyridine rings is 1. The largest absolute Gasteiger partial charge is 0.409 e. The normalized spacial score (nSPS) is 20.4. The molecular weight excluding hydrogens is 244 g/mol. The van der Waals surface area contributed by atoms with Gasteiger partial charge in [-0.05, 0) is 38.3 Å². The lowest BCUT2D eigenvalue weighted by atomic mass is 10.0. The molecule has 1 saturated heterocycles. The number of carbonyl (C=O) groups is 1. The lowest BCUT2D eigenvalue weighted by molar-refractivity contribution is 0.0629. The number of likely N-dealkylation sites (tertiary alicyclic amines) is 1. The molecule has 19 heavy (non-hydrogen) atoms. The quantitative estimate of drug-likeness (QED) is 0.362. The maximum atomic E-state index is 12.3. The Bertz CT molecular complexity index is 484. The molecule has 1 fully saturated rings. The Hall–Kier alpha value is -2.11. The van der Waals surface area contributed by atoms with E-state index in [1.54, 1.807) is 12.1 Å². The fourth-order valence-corrected chi connectivity index (χ4v) is 2.28. The standard InChI is InChI=1S/C13H18N4O2/c1-9-4-2-3-7-17(9)13(18)11-6-5-10(8-15-11)12(14)16-19/h5-6,8-9,19H,2-4,7H2,1H3,(H2,14,16). The van der Waals surface area contributed by atoms with E-state index in [0.29, 0.717) is 11.3 Å². The molecule has 1 amide bonds. The first-order chi connectivity index (χ1) is 9.13. The molecule has 0 radical (unpaired) electrons. The molecule has 102 valence electrons. The number of amides is 1. The topological polar surface area (TPSA) is 91.8 Å². The number of piperidine rings is 1. The molecule has 6 nitrogen and oxygen atoms in total. The Morgan fingerprint density at radius 3 is 2.89 bits per heavy atom. The minimum absolute atomic E-state index is 0.0159. The van der Waals surface area contributed by atoms with E-state index in [-0.39, 0.29) is 17.8 Å². The molecule has 0 saturated carbocycles. The average molecular weight is 262 g/mol. The van der Waals surface area contributed by atoms with Crippen LogP contribution < -0.4 is 5.73 Å². The third kappa shape index (κ3) is 2.83. The molecule has 3 N–H and O–H groups in total. The first kappa shape index (κ1) is 13.3. The predicted octanol–water partition coefficient (Wildman–Crippen LogP) is 1.19. The first-order valence-electron chi connectivity index (χ1n) is 6.38. The van der Waals surface area contributed by atoms with Crippen LogP contribution in [0.4, 0.5) is 0 Å². The number of hydrogen-bond acceptors (Lipinski definition) is 4. The Morgan fingerprint density at radius 1 is 1.53 bits per heavy atom. The summed E-state index contributed by atoms with van der Waals surface area (Å²) in [5.41, 5.74) is 6.33. The summed E-state index contributed by atoms with van der Waals surface area (Å²) in [5, 5.41) is 11.5. The van der Waals surface area contributed by atoms with Crippen LogP contribution in [-0.2, 0) is 0 Å². The van der Waals surface area contributed by atoms with Gasteiger partial charge in [0.2, 0.25) is 0 Å². The monoisotopic (exact) mass is 262 g/mol. The van der Waals surface area contributed by atoms with Crippen molar-refractivity contribution in [1.82, 2.24) is 9.88 Å². The third-order valence-electron chi connectivity index (χ3n) is 3.45. The van der Waals surface area contributed by atoms with Gasteiger partial charge in [0.25, 0.3) is 5.91 Å². The van der Waals surface area contributed by atoms with Crippen LogP contribution >= 0.6 is 0 Å². The summed E-state index contributed by atoms with van der Waals surface area (Å²) in [4.78, 5) is 18.3. The van der Waals surface area contributed by atoms with Gasteiger partial charge in [-0.15, -0.1) is 0 Å². The van der Waals surface area contributed by atoms with E-state index in [4.69, 9.17) is 10.9 Å². The number of oxime groups is 1. The molecule has 6 heteroatoms. The number of nitrogens with two attached hydrogens (primary N) is 1. The third-order valence-corrected chi connectivity index (χ3v) is 3.45. The first-order valence-corrected chi connectivity index (χ1v) is 6.38. The minimum Gasteiger partial charge on any atom is -0.409 e. The van der Waals surface area contributed by atoms with Crippen LogP contribution in [0.15, 0.2) is 23.5 Å². The summed E-state index contributed by atoms with van der Waals surface area (Å²) in [6, 6.07) is 3.49. The van der Waals surface area contributed by atoms with Gasteiger partial charge in [-0.25, -0.2) is 0 Å². The maximum absolute atomic E-state index is 12.3. The van der Waals surface area contributed by atoms with E-state index in [9.17, 15) is 4.79 Å². The molecule has 1 aliphatic heterocycles. The van der Waals surface area contributed by atoms with Gasteiger partial charge in [-0.1, -0.05) is 5.16 Å². The van der Waals surface area contributed by atoms with Crippen molar-refractivity contribution in [2.75, 3.05) is 6.54 Å². The molecule has 0 spiro atoms. The lowest BCUT2D eigenvalue weighted by Gasteiger charge is -2.33. The number of nitrogens with zero attached hydrogens (tertiary/aromatic N) is 3. The fraction of sp³-hybridized carbons (Fsp3) is 0.462. The van der Waals surface area contributed by atoms with Crippen LogP contribution in [0, 0.1) is 0 Å². The van der Waals surface area contributed by atoms with Crippen LogP contribution in [0.2, 0.25) is 0 Å². The molecule has 1 aromatic heterocycles. The number of amidine groups is 1. The molecule has 2 heterocycles. The molecule has 2 rings (SSSR count). The summed E-state index contributed by atoms with van der Waals surface area (Å²) in [6.45, 7) is 2.84. The highest BCUT2D eigenvalue weighted by Crippen LogP contribution is 2.18. The zero-order chi connectivity index (χ0) is 13.8. The van der Waals surface area contributed by atoms with Crippen LogP contribution in [0.5, 0.6) is 0 Å². The molecule has 1 atom stereocenters. The molecular formula is C13H18N4O2. The highest BCUT2D eigenvalue weighted by molar-refractivity contribution is 5.98. The van der Waals surface area contributed by atoms with Gasteiger partial charge in [-0.2, -0.15) is 0 Å². The summed E-state index contributed by atoms with van der Waals surface area (Å²) in [6.07, 6.45) is 4.68. The molecule has 0 bridgehead atoms. The Labute approximate surface area is 111 Å². The van der Waals surface area contributed by atoms with E-state index >= 15 is 0 Å². The van der Waals surface area contributed by atoms with Crippen molar-refractivity contribution in [3.63, 3.8) is 0 Å². The van der Waals surface area contributed by atoms with Crippen molar-refractivity contribution in [2.45, 2.75) is 32.2 Å². The minimum atomic E-state index is -0.0572. The van der Waals surface area contributed by atoms with Crippen LogP contribution in [0.3, 0.4) is 0 Å². The highest BCUT2D eigenvalue weighted by Gasteiger charge is 2.24. The Balaban J connectivity index is 2.15. The van der Waals surface area contributed by atoms with Crippen molar-refractivity contribution < 1.29 is 10.0 Å². The SMILES string of the molecule is CC1CCCCN1C(=O)c1ccc(C(N)=NO)cn1. The van der Waals surface area contributed by atoms with Crippen molar-refractivity contribution in [3.05, 3.63) is 29.6 Å². The second-order valence-electron chi connectivity index (χ2n) is 4.76. The summed E-state index contributed by atoms with van der Waals surface area (Å²) in [5.74, 6) is -0.0731. The number of hydrogen-bond donors (Lipinski definition) is 2. The van der Waals surface area contributed by atoms with Crippen LogP contribution in [0.25, 0.3) is 0 Å². The van der Waals surface area contributed by atoms with E-state index in [1.165, 1.54) is 12.6 Å². The lowest BCUT2D eigenvalue weighted by Crippen LogP contribution is -2.42. The van der Waals surface area contributed by atoms with E-state index in [1.807, 2.05) is 4.90 Å². The van der Waals surface area contributed by atoms with Gasteiger partial charge < -0.3 is 15.8 Å². The number of aromatic nitrogens is 1. The van der Waals surface area contributed by atoms with Gasteiger partial charge >= 0.3 is 0 Å². The van der Waals surface area contributed by atoms with Crippen molar-refractivity contribution >= 4 is 11.7 Å². The average Bonchev–Trinajstić information content (AvgIpc) is 2.46. The predicted molar refractivity (Wildman–Crippen MR) is 71.1 cm³/mol. The number of carbonyl (C=O) groups excluding carboxylic acids is 1. The van der Waals surface area contributed by atoms with Gasteiger partial charge in [-0.3, -0.25) is 9.78 Å². The zero-order valence-corrected chi connectivity index (χ0v) is 10.9. The second kappa shape index (κ2) is 5.69. The maximum Gasteiger partial charge on any atom is 0.272 e. The van der Waals surface area contributed by atoms with Gasteiger partial charge in [0.05, 0.1) is 0 Å². The van der Waals surface area contributed by atoms with Gasteiger partial charge in [0.15, 0.2) is 5.84 Å². The van der Waals surface area contributed by atoms with Crippen LogP contribution in [-0.4, -0.2) is 39.4 Å². The molecule has 1 aromatic rings. The zero-order valence-electron chi connectivity index (χ0n) is 10.9. The summed E-state index contributed by atoms with van der Waals surface area (Å²) in [7, 11) is 0. The molecule has 0 aromatic carbocycles. The van der Waals surface area contributed by atoms with E-state index in [0.717, 1.165) is 19.4 Å². The van der Waals surface area contributed by atoms with Gasteiger partial charge in [0.1, 0.15) is 5.69 Å². The van der Waals surface area contributed by atoms with Crippen LogP contribution in [0.1, 0.15) is 42.2 Å². The highest BCUT2D eigenvalue weighted by atomic mass is 16.4. The van der Waals surface area contributed by atoms with E-state index < -0.39 is 0 Å². The molecule has 1 unspecified atom stereocenters. The Kier molecular flexibility index (Phi) is 3.99. The fourth-order valence-electron chi connectivity index (χ4n) is 2.28. The van der Waals surface area contributed by atoms with E-state index in [2.05, 4.69) is 17.1 Å². The summed E-state index contributed by atoms with van der Waals surface area (Å²) < 4.78 is 0. The van der Waals surface area contributed by atoms with Crippen molar-refractivity contribution in [1.29, 1.82) is 0 Å². The molecule has 1 aliphatic rings. The van der Waals surface area contributed by atoms with Gasteiger partial charge in [0, 0.05) is 24.3 Å². The van der Waals surface area contributed by atoms with Crippen molar-refractivity contribution in [3.8, 4) is 0 Å². The number of rotatable bonds is 2. The summed E-state index contributed by atoms with van der Waals surface area (Å²) >= 11 is 0. The smallest absolute Gasteiger partial charge is 0.272 e. The molecule has 0 aliphatic carbocycles. The van der Waals surface area contributed by atoms with Crippen molar-refractivity contribution in [2.24, 2.45) is 10.9 Å².